The molecule has 104 valence electrons. The Hall–Kier alpha value is -2.25. The number of carbonyl (C=O) groups excluding carboxylic acids is 1. The molecule has 2 aromatic rings. The van der Waals surface area contributed by atoms with Gasteiger partial charge in [-0.25, -0.2) is 5.84 Å². The van der Waals surface area contributed by atoms with Crippen molar-refractivity contribution in [3.05, 3.63) is 48.0 Å². The van der Waals surface area contributed by atoms with Crippen molar-refractivity contribution in [2.45, 2.75) is 19.1 Å². The van der Waals surface area contributed by atoms with E-state index >= 15 is 0 Å². The number of fused-ring (bicyclic) bond motifs is 1. The van der Waals surface area contributed by atoms with Crippen molar-refractivity contribution in [3.8, 4) is 0 Å². The molecule has 7 nitrogen and oxygen atoms in total. The highest BCUT2D eigenvalue weighted by molar-refractivity contribution is 5.82. The summed E-state index contributed by atoms with van der Waals surface area (Å²) < 4.78 is 2.00. The van der Waals surface area contributed by atoms with E-state index in [0.29, 0.717) is 6.54 Å². The summed E-state index contributed by atoms with van der Waals surface area (Å²) in [6, 6.07) is 9.20. The molecular formula is C13H16N6O. The Balaban J connectivity index is 1.89. The summed E-state index contributed by atoms with van der Waals surface area (Å²) in [5.74, 6) is 5.98. The second kappa shape index (κ2) is 5.40. The molecule has 1 unspecified atom stereocenters. The third-order valence-electron chi connectivity index (χ3n) is 3.54. The van der Waals surface area contributed by atoms with Gasteiger partial charge >= 0.3 is 0 Å². The van der Waals surface area contributed by atoms with Gasteiger partial charge in [-0.15, -0.1) is 10.2 Å². The molecule has 2 heterocycles. The van der Waals surface area contributed by atoms with Gasteiger partial charge in [-0.05, 0) is 5.56 Å². The summed E-state index contributed by atoms with van der Waals surface area (Å²) in [6.07, 6.45) is 1.72. The number of rotatable bonds is 3. The number of nitrogens with zero attached hydrogens (tertiary/aromatic N) is 4. The highest BCUT2D eigenvalue weighted by atomic mass is 16.2. The molecule has 1 aliphatic heterocycles. The highest BCUT2D eigenvalue weighted by Gasteiger charge is 2.30. The van der Waals surface area contributed by atoms with Gasteiger partial charge in [0.1, 0.15) is 18.2 Å². The molecule has 0 spiro atoms. The number of hydrazine groups is 1. The maximum atomic E-state index is 12.1. The number of nitrogens with two attached hydrogens (primary N) is 1. The van der Waals surface area contributed by atoms with Crippen LogP contribution in [0, 0.1) is 0 Å². The van der Waals surface area contributed by atoms with Crippen LogP contribution >= 0.6 is 0 Å². The minimum absolute atomic E-state index is 0.218. The van der Waals surface area contributed by atoms with E-state index in [1.54, 1.807) is 6.33 Å². The number of hydrogen-bond acceptors (Lipinski definition) is 5. The van der Waals surface area contributed by atoms with Gasteiger partial charge in [0.25, 0.3) is 5.91 Å². The minimum Gasteiger partial charge on any atom is -0.315 e. The van der Waals surface area contributed by atoms with Crippen molar-refractivity contribution >= 4 is 5.91 Å². The van der Waals surface area contributed by atoms with Crippen molar-refractivity contribution in [3.63, 3.8) is 0 Å². The van der Waals surface area contributed by atoms with E-state index in [2.05, 4.69) is 20.5 Å². The zero-order valence-electron chi connectivity index (χ0n) is 10.9. The molecule has 3 N–H and O–H groups in total. The van der Waals surface area contributed by atoms with Crippen LogP contribution in [0.4, 0.5) is 0 Å². The SMILES string of the molecule is NNC(=O)C(c1ccccc1)N1CCn2cnnc2C1. The molecule has 1 atom stereocenters. The maximum Gasteiger partial charge on any atom is 0.255 e. The fourth-order valence-corrected chi connectivity index (χ4v) is 2.55. The molecule has 20 heavy (non-hydrogen) atoms. The van der Waals surface area contributed by atoms with E-state index in [1.165, 1.54) is 0 Å². The quantitative estimate of drug-likeness (QED) is 0.460. The summed E-state index contributed by atoms with van der Waals surface area (Å²) in [5, 5.41) is 7.97. The largest absolute Gasteiger partial charge is 0.315 e. The van der Waals surface area contributed by atoms with Crippen LogP contribution in [0.5, 0.6) is 0 Å². The topological polar surface area (TPSA) is 89.1 Å². The fraction of sp³-hybridized carbons (Fsp3) is 0.308. The van der Waals surface area contributed by atoms with E-state index in [1.807, 2.05) is 34.9 Å². The molecule has 0 saturated carbocycles. The molecule has 0 saturated heterocycles. The maximum absolute atomic E-state index is 12.1. The average molecular weight is 272 g/mol. The summed E-state index contributed by atoms with van der Waals surface area (Å²) in [5.41, 5.74) is 3.18. The second-order valence-corrected chi connectivity index (χ2v) is 4.73. The van der Waals surface area contributed by atoms with E-state index in [0.717, 1.165) is 24.5 Å². The van der Waals surface area contributed by atoms with Crippen LogP contribution in [0.3, 0.4) is 0 Å². The molecule has 0 aliphatic carbocycles. The monoisotopic (exact) mass is 272 g/mol. The van der Waals surface area contributed by atoms with Crippen LogP contribution in [0.25, 0.3) is 0 Å². The van der Waals surface area contributed by atoms with Crippen molar-refractivity contribution in [2.24, 2.45) is 5.84 Å². The minimum atomic E-state index is -0.411. The lowest BCUT2D eigenvalue weighted by atomic mass is 10.0. The van der Waals surface area contributed by atoms with E-state index in [4.69, 9.17) is 5.84 Å². The van der Waals surface area contributed by atoms with Crippen LogP contribution in [-0.2, 0) is 17.9 Å². The molecule has 7 heteroatoms. The number of benzene rings is 1. The first kappa shape index (κ1) is 12.8. The van der Waals surface area contributed by atoms with Crippen LogP contribution in [0.15, 0.2) is 36.7 Å². The van der Waals surface area contributed by atoms with Gasteiger partial charge in [0.2, 0.25) is 0 Å². The summed E-state index contributed by atoms with van der Waals surface area (Å²) in [7, 11) is 0. The fourth-order valence-electron chi connectivity index (χ4n) is 2.55. The molecule has 3 rings (SSSR count). The highest BCUT2D eigenvalue weighted by Crippen LogP contribution is 2.24. The average Bonchev–Trinajstić information content (AvgIpc) is 2.96. The molecular weight excluding hydrogens is 256 g/mol. The van der Waals surface area contributed by atoms with Crippen molar-refractivity contribution in [1.29, 1.82) is 0 Å². The molecule has 1 aromatic carbocycles. The number of hydrogen-bond donors (Lipinski definition) is 2. The first-order valence-electron chi connectivity index (χ1n) is 6.45. The predicted molar refractivity (Wildman–Crippen MR) is 71.9 cm³/mol. The third-order valence-corrected chi connectivity index (χ3v) is 3.54. The second-order valence-electron chi connectivity index (χ2n) is 4.73. The molecule has 0 radical (unpaired) electrons. The van der Waals surface area contributed by atoms with Crippen molar-refractivity contribution in [1.82, 2.24) is 25.1 Å². The number of nitrogens with one attached hydrogen (secondary N) is 1. The number of carbonyl (C=O) groups is 1. The van der Waals surface area contributed by atoms with E-state index < -0.39 is 6.04 Å². The van der Waals surface area contributed by atoms with Gasteiger partial charge in [0.05, 0.1) is 6.54 Å². The van der Waals surface area contributed by atoms with E-state index in [9.17, 15) is 4.79 Å². The molecule has 1 aromatic heterocycles. The lowest BCUT2D eigenvalue weighted by molar-refractivity contribution is -0.127. The zero-order chi connectivity index (χ0) is 13.9. The summed E-state index contributed by atoms with van der Waals surface area (Å²) in [6.45, 7) is 2.09. The molecule has 1 amide bonds. The van der Waals surface area contributed by atoms with Crippen LogP contribution in [-0.4, -0.2) is 32.1 Å². The smallest absolute Gasteiger partial charge is 0.255 e. The van der Waals surface area contributed by atoms with E-state index in [-0.39, 0.29) is 5.91 Å². The van der Waals surface area contributed by atoms with Gasteiger partial charge in [0, 0.05) is 13.1 Å². The van der Waals surface area contributed by atoms with Gasteiger partial charge in [-0.3, -0.25) is 15.1 Å². The number of aromatic nitrogens is 3. The summed E-state index contributed by atoms with van der Waals surface area (Å²) >= 11 is 0. The van der Waals surface area contributed by atoms with Gasteiger partial charge < -0.3 is 4.57 Å². The third kappa shape index (κ3) is 2.28. The van der Waals surface area contributed by atoms with Crippen molar-refractivity contribution in [2.75, 3.05) is 6.54 Å². The number of amides is 1. The Labute approximate surface area is 116 Å². The Bertz CT molecular complexity index is 596. The van der Waals surface area contributed by atoms with Gasteiger partial charge in [-0.1, -0.05) is 30.3 Å². The summed E-state index contributed by atoms with van der Waals surface area (Å²) in [4.78, 5) is 14.2. The van der Waals surface area contributed by atoms with Gasteiger partial charge in [0.15, 0.2) is 0 Å². The Morgan fingerprint density at radius 1 is 1.30 bits per heavy atom. The van der Waals surface area contributed by atoms with Crippen LogP contribution < -0.4 is 11.3 Å². The molecule has 1 aliphatic rings. The Morgan fingerprint density at radius 2 is 2.10 bits per heavy atom. The Kier molecular flexibility index (Phi) is 3.44. The zero-order valence-corrected chi connectivity index (χ0v) is 10.9. The van der Waals surface area contributed by atoms with Crippen molar-refractivity contribution < 1.29 is 4.79 Å². The molecule has 0 bridgehead atoms. The standard InChI is InChI=1S/C13H16N6O/c14-16-13(20)12(10-4-2-1-3-5-10)18-6-7-19-9-15-17-11(19)8-18/h1-5,9,12H,6-8,14H2,(H,16,20). The Morgan fingerprint density at radius 3 is 2.85 bits per heavy atom. The lowest BCUT2D eigenvalue weighted by Crippen LogP contribution is -2.46. The first-order chi connectivity index (χ1) is 9.79. The lowest BCUT2D eigenvalue weighted by Gasteiger charge is -2.33. The van der Waals surface area contributed by atoms with Gasteiger partial charge in [-0.2, -0.15) is 0 Å². The molecule has 0 fully saturated rings. The van der Waals surface area contributed by atoms with Crippen LogP contribution in [0.2, 0.25) is 0 Å². The predicted octanol–water partition coefficient (Wildman–Crippen LogP) is -0.175. The van der Waals surface area contributed by atoms with Crippen LogP contribution in [0.1, 0.15) is 17.4 Å². The normalized spacial score (nSPS) is 16.4. The first-order valence-corrected chi connectivity index (χ1v) is 6.45.